The molecule has 0 saturated carbocycles. The lowest BCUT2D eigenvalue weighted by atomic mass is 10.3. The summed E-state index contributed by atoms with van der Waals surface area (Å²) in [5.41, 5.74) is 0.571. The summed E-state index contributed by atoms with van der Waals surface area (Å²) in [4.78, 5) is 13.3. The van der Waals surface area contributed by atoms with Crippen molar-refractivity contribution in [3.8, 4) is 0 Å². The van der Waals surface area contributed by atoms with Crippen LogP contribution in [0.2, 0.25) is 0 Å². The summed E-state index contributed by atoms with van der Waals surface area (Å²) in [6, 6.07) is 0. The van der Waals surface area contributed by atoms with Gasteiger partial charge in [0.15, 0.2) is 0 Å². The van der Waals surface area contributed by atoms with E-state index in [1.807, 2.05) is 13.8 Å². The molecule has 0 aromatic carbocycles. The standard InChI is InChI=1S/C10H17N3O2/c1-8(2)15-5-4-13(3)10(14)9-6-11-12-7-9/h6-8H,4-5H2,1-3H3,(H,11,12). The summed E-state index contributed by atoms with van der Waals surface area (Å²) in [5, 5.41) is 6.34. The number of carbonyl (C=O) groups is 1. The molecule has 15 heavy (non-hydrogen) atoms. The van der Waals surface area contributed by atoms with E-state index in [0.717, 1.165) is 0 Å². The summed E-state index contributed by atoms with van der Waals surface area (Å²) in [5.74, 6) is -0.0453. The number of rotatable bonds is 5. The molecule has 0 unspecified atom stereocenters. The van der Waals surface area contributed by atoms with Crippen LogP contribution in [0.1, 0.15) is 24.2 Å². The van der Waals surface area contributed by atoms with Gasteiger partial charge in [0.25, 0.3) is 5.91 Å². The Morgan fingerprint density at radius 3 is 2.93 bits per heavy atom. The smallest absolute Gasteiger partial charge is 0.256 e. The van der Waals surface area contributed by atoms with Gasteiger partial charge in [0.05, 0.1) is 24.5 Å². The maximum absolute atomic E-state index is 11.7. The molecule has 5 nitrogen and oxygen atoms in total. The van der Waals surface area contributed by atoms with Crippen LogP contribution in [-0.2, 0) is 4.74 Å². The van der Waals surface area contributed by atoms with Crippen LogP contribution in [0, 0.1) is 0 Å². The van der Waals surface area contributed by atoms with Crippen molar-refractivity contribution in [1.82, 2.24) is 15.1 Å². The third-order valence-corrected chi connectivity index (χ3v) is 1.97. The molecule has 1 N–H and O–H groups in total. The number of carbonyl (C=O) groups excluding carboxylic acids is 1. The van der Waals surface area contributed by atoms with E-state index < -0.39 is 0 Å². The fourth-order valence-electron chi connectivity index (χ4n) is 1.12. The molecule has 0 spiro atoms. The second-order valence-electron chi connectivity index (χ2n) is 3.63. The van der Waals surface area contributed by atoms with Crippen molar-refractivity contribution < 1.29 is 9.53 Å². The van der Waals surface area contributed by atoms with Gasteiger partial charge in [-0.2, -0.15) is 5.10 Å². The average Bonchev–Trinajstić information content (AvgIpc) is 2.68. The molecule has 0 bridgehead atoms. The minimum Gasteiger partial charge on any atom is -0.377 e. The Morgan fingerprint density at radius 1 is 1.67 bits per heavy atom. The first-order chi connectivity index (χ1) is 7.11. The predicted molar refractivity (Wildman–Crippen MR) is 56.6 cm³/mol. The van der Waals surface area contributed by atoms with Crippen LogP contribution in [0.3, 0.4) is 0 Å². The predicted octanol–water partition coefficient (Wildman–Crippen LogP) is 0.907. The lowest BCUT2D eigenvalue weighted by Crippen LogP contribution is -2.30. The first-order valence-corrected chi connectivity index (χ1v) is 4.97. The number of H-pyrrole nitrogens is 1. The molecular formula is C10H17N3O2. The number of aromatic amines is 1. The number of nitrogens with zero attached hydrogens (tertiary/aromatic N) is 2. The molecular weight excluding hydrogens is 194 g/mol. The summed E-state index contributed by atoms with van der Waals surface area (Å²) in [7, 11) is 1.75. The molecule has 84 valence electrons. The van der Waals surface area contributed by atoms with Crippen LogP contribution in [0.15, 0.2) is 12.4 Å². The van der Waals surface area contributed by atoms with Crippen molar-refractivity contribution in [1.29, 1.82) is 0 Å². The summed E-state index contributed by atoms with van der Waals surface area (Å²) < 4.78 is 5.36. The van der Waals surface area contributed by atoms with Gasteiger partial charge in [0.2, 0.25) is 0 Å². The largest absolute Gasteiger partial charge is 0.377 e. The van der Waals surface area contributed by atoms with Crippen LogP contribution in [-0.4, -0.2) is 47.3 Å². The molecule has 1 amide bonds. The van der Waals surface area contributed by atoms with Crippen molar-refractivity contribution in [3.63, 3.8) is 0 Å². The zero-order valence-corrected chi connectivity index (χ0v) is 9.36. The number of amides is 1. The minimum absolute atomic E-state index is 0.0453. The van der Waals surface area contributed by atoms with Crippen LogP contribution >= 0.6 is 0 Å². The molecule has 0 atom stereocenters. The molecule has 0 aliphatic carbocycles. The van der Waals surface area contributed by atoms with Crippen molar-refractivity contribution in [2.24, 2.45) is 0 Å². The zero-order valence-electron chi connectivity index (χ0n) is 9.36. The molecule has 0 fully saturated rings. The number of ether oxygens (including phenoxy) is 1. The van der Waals surface area contributed by atoms with Gasteiger partial charge in [-0.15, -0.1) is 0 Å². The Morgan fingerprint density at radius 2 is 2.40 bits per heavy atom. The fraction of sp³-hybridized carbons (Fsp3) is 0.600. The highest BCUT2D eigenvalue weighted by Gasteiger charge is 2.11. The second-order valence-corrected chi connectivity index (χ2v) is 3.63. The van der Waals surface area contributed by atoms with E-state index in [4.69, 9.17) is 4.74 Å². The van der Waals surface area contributed by atoms with E-state index in [-0.39, 0.29) is 12.0 Å². The Labute approximate surface area is 89.4 Å². The molecule has 0 aliphatic heterocycles. The average molecular weight is 211 g/mol. The van der Waals surface area contributed by atoms with E-state index in [0.29, 0.717) is 18.7 Å². The van der Waals surface area contributed by atoms with Crippen molar-refractivity contribution in [2.75, 3.05) is 20.2 Å². The Hall–Kier alpha value is -1.36. The molecule has 1 aromatic rings. The van der Waals surface area contributed by atoms with Crippen molar-refractivity contribution in [3.05, 3.63) is 18.0 Å². The van der Waals surface area contributed by atoms with Gasteiger partial charge >= 0.3 is 0 Å². The van der Waals surface area contributed by atoms with E-state index in [1.165, 1.54) is 6.20 Å². The van der Waals surface area contributed by atoms with Gasteiger partial charge in [-0.25, -0.2) is 0 Å². The number of likely N-dealkylation sites (N-methyl/N-ethyl adjacent to an activating group) is 1. The van der Waals surface area contributed by atoms with Gasteiger partial charge in [-0.1, -0.05) is 0 Å². The molecule has 0 radical (unpaired) electrons. The third-order valence-electron chi connectivity index (χ3n) is 1.97. The summed E-state index contributed by atoms with van der Waals surface area (Å²) >= 11 is 0. The minimum atomic E-state index is -0.0453. The number of aromatic nitrogens is 2. The lowest BCUT2D eigenvalue weighted by molar-refractivity contribution is 0.0532. The van der Waals surface area contributed by atoms with E-state index >= 15 is 0 Å². The van der Waals surface area contributed by atoms with Crippen LogP contribution < -0.4 is 0 Å². The highest BCUT2D eigenvalue weighted by atomic mass is 16.5. The molecule has 1 heterocycles. The van der Waals surface area contributed by atoms with Gasteiger partial charge < -0.3 is 9.64 Å². The zero-order chi connectivity index (χ0) is 11.3. The highest BCUT2D eigenvalue weighted by molar-refractivity contribution is 5.93. The van der Waals surface area contributed by atoms with Crippen LogP contribution in [0.5, 0.6) is 0 Å². The SMILES string of the molecule is CC(C)OCCN(C)C(=O)c1cn[nH]c1. The molecule has 0 aliphatic rings. The normalized spacial score (nSPS) is 10.7. The van der Waals surface area contributed by atoms with Crippen LogP contribution in [0.25, 0.3) is 0 Å². The number of nitrogens with one attached hydrogen (secondary N) is 1. The lowest BCUT2D eigenvalue weighted by Gasteiger charge is -2.17. The van der Waals surface area contributed by atoms with Gasteiger partial charge in [0, 0.05) is 19.8 Å². The Kier molecular flexibility index (Phi) is 4.30. The number of hydrogen-bond acceptors (Lipinski definition) is 3. The van der Waals surface area contributed by atoms with Crippen molar-refractivity contribution in [2.45, 2.75) is 20.0 Å². The first-order valence-electron chi connectivity index (χ1n) is 4.97. The van der Waals surface area contributed by atoms with E-state index in [9.17, 15) is 4.79 Å². The highest BCUT2D eigenvalue weighted by Crippen LogP contribution is 2.00. The molecule has 1 rings (SSSR count). The van der Waals surface area contributed by atoms with Crippen molar-refractivity contribution >= 4 is 5.91 Å². The molecule has 0 saturated heterocycles. The maximum atomic E-state index is 11.7. The van der Waals surface area contributed by atoms with E-state index in [2.05, 4.69) is 10.2 Å². The molecule has 5 heteroatoms. The topological polar surface area (TPSA) is 58.2 Å². The first kappa shape index (κ1) is 11.7. The summed E-state index contributed by atoms with van der Waals surface area (Å²) in [6.45, 7) is 5.08. The Bertz CT molecular complexity index is 296. The van der Waals surface area contributed by atoms with Crippen LogP contribution in [0.4, 0.5) is 0 Å². The fourth-order valence-corrected chi connectivity index (χ4v) is 1.12. The third kappa shape index (κ3) is 3.71. The van der Waals surface area contributed by atoms with Gasteiger partial charge in [-0.05, 0) is 13.8 Å². The quantitative estimate of drug-likeness (QED) is 0.787. The van der Waals surface area contributed by atoms with E-state index in [1.54, 1.807) is 18.1 Å². The number of hydrogen-bond donors (Lipinski definition) is 1. The van der Waals surface area contributed by atoms with Gasteiger partial charge in [-0.3, -0.25) is 9.89 Å². The van der Waals surface area contributed by atoms with Gasteiger partial charge in [0.1, 0.15) is 0 Å². The Balaban J connectivity index is 2.34. The summed E-state index contributed by atoms with van der Waals surface area (Å²) in [6.07, 6.45) is 3.30. The molecule has 1 aromatic heterocycles. The second kappa shape index (κ2) is 5.50. The monoisotopic (exact) mass is 211 g/mol. The maximum Gasteiger partial charge on any atom is 0.256 e.